The van der Waals surface area contributed by atoms with Gasteiger partial charge < -0.3 is 29.6 Å². The largest absolute Gasteiger partial charge is 0.467 e. The van der Waals surface area contributed by atoms with E-state index in [1.165, 1.54) is 6.26 Å². The lowest BCUT2D eigenvalue weighted by atomic mass is 10.1. The molecule has 1 aliphatic rings. The van der Waals surface area contributed by atoms with Crippen LogP contribution in [0.2, 0.25) is 0 Å². The minimum atomic E-state index is -0.791. The summed E-state index contributed by atoms with van der Waals surface area (Å²) in [6, 6.07) is 8.54. The Bertz CT molecular complexity index is 744. The van der Waals surface area contributed by atoms with Crippen LogP contribution in [0.25, 0.3) is 0 Å². The number of furan rings is 1. The Balaban J connectivity index is 1.41. The summed E-state index contributed by atoms with van der Waals surface area (Å²) in [6.45, 7) is 0.458. The molecule has 3 rings (SSSR count). The van der Waals surface area contributed by atoms with Gasteiger partial charge in [-0.1, -0.05) is 6.07 Å². The van der Waals surface area contributed by atoms with Crippen LogP contribution in [-0.2, 0) is 16.1 Å². The first kappa shape index (κ1) is 16.8. The van der Waals surface area contributed by atoms with Gasteiger partial charge in [0.1, 0.15) is 5.76 Å². The zero-order valence-electron chi connectivity index (χ0n) is 13.4. The molecular weight excluding hydrogens is 328 g/mol. The van der Waals surface area contributed by atoms with Crippen LogP contribution in [0.5, 0.6) is 11.5 Å². The Morgan fingerprint density at radius 2 is 1.92 bits per heavy atom. The molecule has 0 radical (unpaired) electrons. The number of fused-ring (bicyclic) bond motifs is 1. The number of benzene rings is 1. The van der Waals surface area contributed by atoms with Crippen molar-refractivity contribution in [2.45, 2.75) is 19.1 Å². The number of ether oxygens (including phenoxy) is 2. The van der Waals surface area contributed by atoms with Crippen molar-refractivity contribution < 1.29 is 28.6 Å². The van der Waals surface area contributed by atoms with Gasteiger partial charge in [0, 0.05) is 6.54 Å². The highest BCUT2D eigenvalue weighted by molar-refractivity contribution is 6.35. The Kier molecular flexibility index (Phi) is 5.20. The first-order chi connectivity index (χ1) is 12.1. The van der Waals surface area contributed by atoms with Crippen molar-refractivity contribution in [1.29, 1.82) is 0 Å². The van der Waals surface area contributed by atoms with Crippen LogP contribution in [0.1, 0.15) is 23.8 Å². The zero-order valence-corrected chi connectivity index (χ0v) is 13.4. The van der Waals surface area contributed by atoms with E-state index in [9.17, 15) is 14.7 Å². The SMILES string of the molecule is O=C(NCC[C@H](O)c1ccc2c(c1)OCO2)C(=O)NCc1ccco1. The summed E-state index contributed by atoms with van der Waals surface area (Å²) in [4.78, 5) is 23.4. The van der Waals surface area contributed by atoms with E-state index < -0.39 is 17.9 Å². The first-order valence-electron chi connectivity index (χ1n) is 7.79. The van der Waals surface area contributed by atoms with E-state index in [1.807, 2.05) is 0 Å². The van der Waals surface area contributed by atoms with E-state index in [0.717, 1.165) is 0 Å². The molecular formula is C17H18N2O6. The molecule has 0 fully saturated rings. The van der Waals surface area contributed by atoms with Crippen molar-refractivity contribution in [3.8, 4) is 11.5 Å². The van der Waals surface area contributed by atoms with Crippen molar-refractivity contribution in [3.05, 3.63) is 47.9 Å². The third kappa shape index (κ3) is 4.30. The number of rotatable bonds is 6. The van der Waals surface area contributed by atoms with Gasteiger partial charge in [-0.25, -0.2) is 0 Å². The summed E-state index contributed by atoms with van der Waals surface area (Å²) in [5, 5.41) is 15.1. The quantitative estimate of drug-likeness (QED) is 0.670. The highest BCUT2D eigenvalue weighted by Crippen LogP contribution is 2.34. The predicted octanol–water partition coefficient (Wildman–Crippen LogP) is 0.864. The third-order valence-electron chi connectivity index (χ3n) is 3.69. The summed E-state index contributed by atoms with van der Waals surface area (Å²) in [5.41, 5.74) is 0.653. The van der Waals surface area contributed by atoms with Gasteiger partial charge in [0.25, 0.3) is 0 Å². The van der Waals surface area contributed by atoms with Crippen molar-refractivity contribution in [3.63, 3.8) is 0 Å². The normalized spacial score (nSPS) is 13.3. The Hall–Kier alpha value is -3.00. The minimum absolute atomic E-state index is 0.138. The summed E-state index contributed by atoms with van der Waals surface area (Å²) in [6.07, 6.45) is 0.955. The second kappa shape index (κ2) is 7.71. The van der Waals surface area contributed by atoms with Gasteiger partial charge in [-0.15, -0.1) is 0 Å². The first-order valence-corrected chi connectivity index (χ1v) is 7.79. The maximum atomic E-state index is 11.7. The molecule has 2 heterocycles. The lowest BCUT2D eigenvalue weighted by molar-refractivity contribution is -0.139. The van der Waals surface area contributed by atoms with Gasteiger partial charge in [0.15, 0.2) is 11.5 Å². The lowest BCUT2D eigenvalue weighted by Gasteiger charge is -2.12. The standard InChI is InChI=1S/C17H18N2O6/c20-13(11-3-4-14-15(8-11)25-10-24-14)5-6-18-16(21)17(22)19-9-12-2-1-7-23-12/h1-4,7-8,13,20H,5-6,9-10H2,(H,18,21)(H,19,22)/t13-/m0/s1. The van der Waals surface area contributed by atoms with Gasteiger partial charge in [-0.2, -0.15) is 0 Å². The fourth-order valence-electron chi connectivity index (χ4n) is 2.35. The van der Waals surface area contributed by atoms with Crippen LogP contribution >= 0.6 is 0 Å². The molecule has 132 valence electrons. The van der Waals surface area contributed by atoms with Gasteiger partial charge >= 0.3 is 11.8 Å². The second-order valence-corrected chi connectivity index (χ2v) is 5.44. The lowest BCUT2D eigenvalue weighted by Crippen LogP contribution is -2.40. The van der Waals surface area contributed by atoms with E-state index in [1.54, 1.807) is 30.3 Å². The molecule has 2 amide bonds. The van der Waals surface area contributed by atoms with Crippen LogP contribution < -0.4 is 20.1 Å². The molecule has 0 spiro atoms. The van der Waals surface area contributed by atoms with Crippen LogP contribution in [0.3, 0.4) is 0 Å². The van der Waals surface area contributed by atoms with E-state index >= 15 is 0 Å². The molecule has 0 saturated carbocycles. The molecule has 25 heavy (non-hydrogen) atoms. The number of amides is 2. The molecule has 0 bridgehead atoms. The van der Waals surface area contributed by atoms with Gasteiger partial charge in [-0.3, -0.25) is 9.59 Å². The molecule has 8 nitrogen and oxygen atoms in total. The van der Waals surface area contributed by atoms with Crippen molar-refractivity contribution >= 4 is 11.8 Å². The summed E-state index contributed by atoms with van der Waals surface area (Å²) in [5.74, 6) is 0.258. The van der Waals surface area contributed by atoms with E-state index in [2.05, 4.69) is 10.6 Å². The molecule has 3 N–H and O–H groups in total. The van der Waals surface area contributed by atoms with Gasteiger partial charge in [0.2, 0.25) is 6.79 Å². The second-order valence-electron chi connectivity index (χ2n) is 5.44. The monoisotopic (exact) mass is 346 g/mol. The summed E-state index contributed by atoms with van der Waals surface area (Å²) < 4.78 is 15.5. The van der Waals surface area contributed by atoms with Crippen molar-refractivity contribution in [1.82, 2.24) is 10.6 Å². The molecule has 8 heteroatoms. The Morgan fingerprint density at radius 1 is 1.12 bits per heavy atom. The highest BCUT2D eigenvalue weighted by Gasteiger charge is 2.18. The fourth-order valence-corrected chi connectivity index (χ4v) is 2.35. The van der Waals surface area contributed by atoms with Crippen LogP contribution in [0, 0.1) is 0 Å². The number of hydrogen-bond donors (Lipinski definition) is 3. The average molecular weight is 346 g/mol. The number of aliphatic hydroxyl groups excluding tert-OH is 1. The Morgan fingerprint density at radius 3 is 2.72 bits per heavy atom. The summed E-state index contributed by atoms with van der Waals surface area (Å²) >= 11 is 0. The maximum Gasteiger partial charge on any atom is 0.309 e. The highest BCUT2D eigenvalue weighted by atomic mass is 16.7. The topological polar surface area (TPSA) is 110 Å². The van der Waals surface area contributed by atoms with Crippen LogP contribution in [-0.4, -0.2) is 30.3 Å². The smallest absolute Gasteiger partial charge is 0.309 e. The molecule has 0 aliphatic carbocycles. The van der Waals surface area contributed by atoms with Crippen molar-refractivity contribution in [2.24, 2.45) is 0 Å². The average Bonchev–Trinajstić information content (AvgIpc) is 3.29. The molecule has 2 aromatic rings. The summed E-state index contributed by atoms with van der Waals surface area (Å²) in [7, 11) is 0. The Labute approximate surface area is 143 Å². The molecule has 0 unspecified atom stereocenters. The van der Waals surface area contributed by atoms with Crippen LogP contribution in [0.15, 0.2) is 41.0 Å². The number of hydrogen-bond acceptors (Lipinski definition) is 6. The maximum absolute atomic E-state index is 11.7. The van der Waals surface area contributed by atoms with E-state index in [-0.39, 0.29) is 26.3 Å². The molecule has 1 aromatic carbocycles. The molecule has 1 atom stereocenters. The predicted molar refractivity (Wildman–Crippen MR) is 85.7 cm³/mol. The van der Waals surface area contributed by atoms with Crippen molar-refractivity contribution in [2.75, 3.05) is 13.3 Å². The molecule has 1 aromatic heterocycles. The van der Waals surface area contributed by atoms with Gasteiger partial charge in [0.05, 0.1) is 18.9 Å². The number of aliphatic hydroxyl groups is 1. The van der Waals surface area contributed by atoms with E-state index in [4.69, 9.17) is 13.9 Å². The zero-order chi connectivity index (χ0) is 17.6. The van der Waals surface area contributed by atoms with E-state index in [0.29, 0.717) is 22.8 Å². The number of carbonyl (C=O) groups excluding carboxylic acids is 2. The van der Waals surface area contributed by atoms with Gasteiger partial charge in [-0.05, 0) is 36.2 Å². The third-order valence-corrected chi connectivity index (χ3v) is 3.69. The number of nitrogens with one attached hydrogen (secondary N) is 2. The number of carbonyl (C=O) groups is 2. The minimum Gasteiger partial charge on any atom is -0.467 e. The van der Waals surface area contributed by atoms with Crippen LogP contribution in [0.4, 0.5) is 0 Å². The molecule has 0 saturated heterocycles. The fraction of sp³-hybridized carbons (Fsp3) is 0.294. The molecule has 1 aliphatic heterocycles.